The lowest BCUT2D eigenvalue weighted by Gasteiger charge is -2.06. The summed E-state index contributed by atoms with van der Waals surface area (Å²) in [6.45, 7) is 5.44. The van der Waals surface area contributed by atoms with E-state index >= 15 is 0 Å². The zero-order valence-corrected chi connectivity index (χ0v) is 18.9. The van der Waals surface area contributed by atoms with Gasteiger partial charge in [-0.15, -0.1) is 11.8 Å². The van der Waals surface area contributed by atoms with Crippen molar-refractivity contribution in [1.29, 1.82) is 0 Å². The van der Waals surface area contributed by atoms with Crippen molar-refractivity contribution in [1.82, 2.24) is 4.57 Å². The number of fused-ring (bicyclic) bond motifs is 1. The van der Waals surface area contributed by atoms with E-state index in [1.165, 1.54) is 15.8 Å². The Bertz CT molecular complexity index is 1050. The number of nitrogens with zero attached hydrogens (tertiary/aromatic N) is 2. The molecule has 0 atom stereocenters. The van der Waals surface area contributed by atoms with E-state index in [4.69, 9.17) is 9.47 Å². The van der Waals surface area contributed by atoms with Gasteiger partial charge in [0.2, 0.25) is 5.91 Å². The molecular weight excluding hydrogens is 404 g/mol. The number of thioether (sulfide) groups is 1. The molecule has 0 N–H and O–H groups in total. The van der Waals surface area contributed by atoms with Crippen molar-refractivity contribution >= 4 is 39.2 Å². The van der Waals surface area contributed by atoms with Crippen molar-refractivity contribution in [2.75, 3.05) is 26.6 Å². The molecule has 1 heterocycles. The number of carbonyl (C=O) groups excluding carboxylic acids is 1. The van der Waals surface area contributed by atoms with E-state index in [-0.39, 0.29) is 5.91 Å². The van der Waals surface area contributed by atoms with E-state index in [1.807, 2.05) is 24.3 Å². The Morgan fingerprint density at radius 1 is 1.17 bits per heavy atom. The smallest absolute Gasteiger partial charge is 0.249 e. The molecule has 29 heavy (non-hydrogen) atoms. The lowest BCUT2D eigenvalue weighted by molar-refractivity contribution is -0.117. The molecule has 0 aliphatic carbocycles. The fourth-order valence-electron chi connectivity index (χ4n) is 3.09. The Hall–Kier alpha value is -2.09. The first-order chi connectivity index (χ1) is 14.0. The highest BCUT2D eigenvalue weighted by Gasteiger charge is 2.11. The maximum Gasteiger partial charge on any atom is 0.249 e. The number of methoxy groups -OCH3 is 2. The predicted molar refractivity (Wildman–Crippen MR) is 120 cm³/mol. The molecule has 0 aliphatic rings. The molecule has 1 aromatic heterocycles. The zero-order chi connectivity index (χ0) is 20.8. The normalized spacial score (nSPS) is 11.9. The molecular formula is C22H26N2O3S2. The highest BCUT2D eigenvalue weighted by molar-refractivity contribution is 7.99. The third-order valence-corrected chi connectivity index (χ3v) is 6.74. The van der Waals surface area contributed by atoms with Gasteiger partial charge < -0.3 is 14.0 Å². The SMILES string of the molecule is COCCn1c(=NC(=O)CCSc2ccc(OC)cc2)sc2c(C)cc(C)cc21. The Labute approximate surface area is 179 Å². The topological polar surface area (TPSA) is 52.8 Å². The molecule has 2 aromatic carbocycles. The number of hydrogen-bond donors (Lipinski definition) is 0. The van der Waals surface area contributed by atoms with Gasteiger partial charge in [0.1, 0.15) is 5.75 Å². The number of ether oxygens (including phenoxy) is 2. The van der Waals surface area contributed by atoms with E-state index in [0.717, 1.165) is 21.0 Å². The summed E-state index contributed by atoms with van der Waals surface area (Å²) < 4.78 is 13.7. The molecule has 0 radical (unpaired) electrons. The summed E-state index contributed by atoms with van der Waals surface area (Å²) in [7, 11) is 3.34. The van der Waals surface area contributed by atoms with Gasteiger partial charge in [-0.2, -0.15) is 4.99 Å². The predicted octanol–water partition coefficient (Wildman–Crippen LogP) is 4.58. The molecule has 0 saturated heterocycles. The summed E-state index contributed by atoms with van der Waals surface area (Å²) in [5.41, 5.74) is 3.52. The van der Waals surface area contributed by atoms with Crippen LogP contribution >= 0.6 is 23.1 Å². The second-order valence-electron chi connectivity index (χ2n) is 6.74. The number of rotatable bonds is 8. The van der Waals surface area contributed by atoms with Crippen molar-refractivity contribution in [2.45, 2.75) is 31.7 Å². The van der Waals surface area contributed by atoms with E-state index < -0.39 is 0 Å². The molecule has 0 aliphatic heterocycles. The van der Waals surface area contributed by atoms with Crippen LogP contribution in [0.2, 0.25) is 0 Å². The van der Waals surface area contributed by atoms with Crippen LogP contribution in [-0.4, -0.2) is 37.1 Å². The van der Waals surface area contributed by atoms with Gasteiger partial charge in [0, 0.05) is 30.7 Å². The molecule has 5 nitrogen and oxygen atoms in total. The van der Waals surface area contributed by atoms with Crippen molar-refractivity contribution in [3.8, 4) is 5.75 Å². The average molecular weight is 431 g/mol. The van der Waals surface area contributed by atoms with Crippen molar-refractivity contribution < 1.29 is 14.3 Å². The number of thiazole rings is 1. The Kier molecular flexibility index (Phi) is 7.52. The molecule has 3 rings (SSSR count). The number of benzene rings is 2. The van der Waals surface area contributed by atoms with Crippen molar-refractivity contribution in [3.05, 3.63) is 52.3 Å². The standard InChI is InChI=1S/C22H26N2O3S2/c1-15-13-16(2)21-19(14-15)24(10-11-26-3)22(29-21)23-20(25)9-12-28-18-7-5-17(27-4)6-8-18/h5-8,13-14H,9-12H2,1-4H3. The summed E-state index contributed by atoms with van der Waals surface area (Å²) in [5.74, 6) is 1.42. The molecule has 0 fully saturated rings. The molecule has 3 aromatic rings. The maximum absolute atomic E-state index is 12.5. The largest absolute Gasteiger partial charge is 0.497 e. The average Bonchev–Trinajstić information content (AvgIpc) is 3.04. The Morgan fingerprint density at radius 3 is 2.62 bits per heavy atom. The highest BCUT2D eigenvalue weighted by Crippen LogP contribution is 2.24. The lowest BCUT2D eigenvalue weighted by Crippen LogP contribution is -2.19. The zero-order valence-electron chi connectivity index (χ0n) is 17.2. The summed E-state index contributed by atoms with van der Waals surface area (Å²) in [6.07, 6.45) is 0.396. The Balaban J connectivity index is 1.76. The van der Waals surface area contributed by atoms with Gasteiger partial charge >= 0.3 is 0 Å². The number of amides is 1. The third-order valence-electron chi connectivity index (χ3n) is 4.50. The van der Waals surface area contributed by atoms with Gasteiger partial charge in [-0.3, -0.25) is 4.79 Å². The summed E-state index contributed by atoms with van der Waals surface area (Å²) in [6, 6.07) is 12.2. The van der Waals surface area contributed by atoms with E-state index in [1.54, 1.807) is 37.3 Å². The number of aromatic nitrogens is 1. The van der Waals surface area contributed by atoms with Gasteiger partial charge in [-0.1, -0.05) is 17.4 Å². The van der Waals surface area contributed by atoms with Crippen LogP contribution in [-0.2, 0) is 16.1 Å². The second kappa shape index (κ2) is 10.1. The summed E-state index contributed by atoms with van der Waals surface area (Å²) in [4.78, 5) is 18.8. The third kappa shape index (κ3) is 5.50. The lowest BCUT2D eigenvalue weighted by atomic mass is 10.1. The first-order valence-electron chi connectivity index (χ1n) is 9.45. The van der Waals surface area contributed by atoms with Crippen LogP contribution in [0, 0.1) is 13.8 Å². The van der Waals surface area contributed by atoms with Crippen LogP contribution in [0.25, 0.3) is 10.2 Å². The van der Waals surface area contributed by atoms with Crippen molar-refractivity contribution in [3.63, 3.8) is 0 Å². The van der Waals surface area contributed by atoms with Crippen LogP contribution in [0.4, 0.5) is 0 Å². The van der Waals surface area contributed by atoms with E-state index in [9.17, 15) is 4.79 Å². The first kappa shape index (κ1) is 21.6. The number of hydrogen-bond acceptors (Lipinski definition) is 5. The quantitative estimate of drug-likeness (QED) is 0.491. The molecule has 0 bridgehead atoms. The minimum atomic E-state index is -0.0990. The van der Waals surface area contributed by atoms with Crippen LogP contribution in [0.15, 0.2) is 46.3 Å². The van der Waals surface area contributed by atoms with Crippen molar-refractivity contribution in [2.24, 2.45) is 4.99 Å². The molecule has 154 valence electrons. The van der Waals surface area contributed by atoms with E-state index in [2.05, 4.69) is 35.5 Å². The van der Waals surface area contributed by atoms with Crippen LogP contribution < -0.4 is 9.54 Å². The first-order valence-corrected chi connectivity index (χ1v) is 11.3. The van der Waals surface area contributed by atoms with Crippen LogP contribution in [0.3, 0.4) is 0 Å². The van der Waals surface area contributed by atoms with Crippen LogP contribution in [0.1, 0.15) is 17.5 Å². The fraction of sp³-hybridized carbons (Fsp3) is 0.364. The molecule has 7 heteroatoms. The van der Waals surface area contributed by atoms with Gasteiger partial charge in [0.25, 0.3) is 0 Å². The van der Waals surface area contributed by atoms with Gasteiger partial charge in [-0.25, -0.2) is 0 Å². The molecule has 1 amide bonds. The number of carbonyl (C=O) groups is 1. The minimum Gasteiger partial charge on any atom is -0.497 e. The summed E-state index contributed by atoms with van der Waals surface area (Å²) >= 11 is 3.22. The highest BCUT2D eigenvalue weighted by atomic mass is 32.2. The Morgan fingerprint density at radius 2 is 1.93 bits per heavy atom. The number of aryl methyl sites for hydroxylation is 2. The molecule has 0 spiro atoms. The van der Waals surface area contributed by atoms with E-state index in [0.29, 0.717) is 25.3 Å². The molecule has 0 saturated carbocycles. The monoisotopic (exact) mass is 430 g/mol. The fourth-order valence-corrected chi connectivity index (χ4v) is 5.05. The van der Waals surface area contributed by atoms with Gasteiger partial charge in [-0.05, 0) is 55.3 Å². The maximum atomic E-state index is 12.5. The second-order valence-corrected chi connectivity index (χ2v) is 8.88. The minimum absolute atomic E-state index is 0.0990. The van der Waals surface area contributed by atoms with Gasteiger partial charge in [0.05, 0.1) is 23.9 Å². The molecule has 0 unspecified atom stereocenters. The van der Waals surface area contributed by atoms with Gasteiger partial charge in [0.15, 0.2) is 4.80 Å². The summed E-state index contributed by atoms with van der Waals surface area (Å²) in [5, 5.41) is 0. The van der Waals surface area contributed by atoms with Crippen LogP contribution in [0.5, 0.6) is 5.75 Å².